The summed E-state index contributed by atoms with van der Waals surface area (Å²) in [5, 5.41) is 3.14. The maximum atomic E-state index is 13.3. The van der Waals surface area contributed by atoms with E-state index < -0.39 is 11.6 Å². The number of esters is 1. The van der Waals surface area contributed by atoms with Crippen LogP contribution in [0.5, 0.6) is 0 Å². The highest BCUT2D eigenvalue weighted by atomic mass is 19.2. The van der Waals surface area contributed by atoms with E-state index in [4.69, 9.17) is 0 Å². The fraction of sp³-hybridized carbons (Fsp3) is 0.529. The van der Waals surface area contributed by atoms with Crippen molar-refractivity contribution in [3.8, 4) is 0 Å². The zero-order valence-corrected chi connectivity index (χ0v) is 13.7. The van der Waals surface area contributed by atoms with Gasteiger partial charge < -0.3 is 15.0 Å². The molecule has 1 aliphatic rings. The molecule has 24 heavy (non-hydrogen) atoms. The highest BCUT2D eigenvalue weighted by molar-refractivity contribution is 5.77. The highest BCUT2D eigenvalue weighted by Gasteiger charge is 2.23. The van der Waals surface area contributed by atoms with E-state index in [1.807, 2.05) is 0 Å². The molecule has 0 spiro atoms. The molecule has 0 unspecified atom stereocenters. The van der Waals surface area contributed by atoms with Gasteiger partial charge in [0.25, 0.3) is 0 Å². The lowest BCUT2D eigenvalue weighted by molar-refractivity contribution is -0.141. The Hall–Kier alpha value is -2.18. The minimum absolute atomic E-state index is 0.00399. The van der Waals surface area contributed by atoms with Crippen molar-refractivity contribution in [2.45, 2.75) is 38.1 Å². The fourth-order valence-corrected chi connectivity index (χ4v) is 2.79. The van der Waals surface area contributed by atoms with Crippen LogP contribution in [-0.4, -0.2) is 43.0 Å². The van der Waals surface area contributed by atoms with Gasteiger partial charge in [-0.05, 0) is 31.4 Å². The number of benzene rings is 1. The smallest absolute Gasteiger partial charge is 0.305 e. The Morgan fingerprint density at radius 1 is 1.29 bits per heavy atom. The van der Waals surface area contributed by atoms with Crippen LogP contribution in [0.25, 0.3) is 0 Å². The average Bonchev–Trinajstić information content (AvgIpc) is 2.58. The molecule has 7 heteroatoms. The Kier molecular flexibility index (Phi) is 6.52. The maximum absolute atomic E-state index is 13.3. The Morgan fingerprint density at radius 3 is 2.79 bits per heavy atom. The molecule has 132 valence electrons. The minimum atomic E-state index is -0.897. The molecule has 1 fully saturated rings. The zero-order chi connectivity index (χ0) is 17.5. The van der Waals surface area contributed by atoms with E-state index in [9.17, 15) is 18.4 Å². The lowest BCUT2D eigenvalue weighted by atomic mass is 10.0. The molecule has 5 nitrogen and oxygen atoms in total. The van der Waals surface area contributed by atoms with Gasteiger partial charge in [0.2, 0.25) is 5.91 Å². The predicted octanol–water partition coefficient (Wildman–Crippen LogP) is 2.71. The Balaban J connectivity index is 1.83. The summed E-state index contributed by atoms with van der Waals surface area (Å²) in [4.78, 5) is 25.0. The van der Waals surface area contributed by atoms with Crippen LogP contribution in [0.15, 0.2) is 18.2 Å². The first-order valence-corrected chi connectivity index (χ1v) is 8.05. The molecule has 1 aliphatic heterocycles. The second-order valence-corrected chi connectivity index (χ2v) is 5.88. The third-order valence-electron chi connectivity index (χ3n) is 4.06. The van der Waals surface area contributed by atoms with Crippen LogP contribution in [0.3, 0.4) is 0 Å². The number of nitrogens with one attached hydrogen (secondary N) is 1. The first kappa shape index (κ1) is 18.2. The van der Waals surface area contributed by atoms with Gasteiger partial charge in [0.05, 0.1) is 7.11 Å². The number of amides is 1. The van der Waals surface area contributed by atoms with Crippen LogP contribution in [0.4, 0.5) is 14.5 Å². The molecule has 1 aromatic rings. The van der Waals surface area contributed by atoms with Gasteiger partial charge >= 0.3 is 5.97 Å². The molecule has 0 radical (unpaired) electrons. The molecule has 0 aliphatic carbocycles. The quantitative estimate of drug-likeness (QED) is 0.809. The van der Waals surface area contributed by atoms with E-state index in [2.05, 4.69) is 10.1 Å². The van der Waals surface area contributed by atoms with Gasteiger partial charge in [0.15, 0.2) is 11.6 Å². The molecule has 1 saturated heterocycles. The molecule has 2 rings (SSSR count). The van der Waals surface area contributed by atoms with E-state index in [1.54, 1.807) is 4.90 Å². The molecule has 1 aromatic carbocycles. The standard InChI is InChI=1S/C17H22F2N2O3/c1-24-17(23)6-2-5-16(22)21-9-3-4-13(11-21)20-12-7-8-14(18)15(19)10-12/h7-8,10,13,20H,2-6,9,11H2,1H3/t13-/m0/s1. The fourth-order valence-electron chi connectivity index (χ4n) is 2.79. The van der Waals surface area contributed by atoms with Gasteiger partial charge in [-0.3, -0.25) is 9.59 Å². The molecule has 0 aromatic heterocycles. The Bertz CT molecular complexity index is 595. The topological polar surface area (TPSA) is 58.6 Å². The first-order chi connectivity index (χ1) is 11.5. The third-order valence-corrected chi connectivity index (χ3v) is 4.06. The number of ether oxygens (including phenoxy) is 1. The summed E-state index contributed by atoms with van der Waals surface area (Å²) in [6.45, 7) is 1.18. The molecule has 0 saturated carbocycles. The van der Waals surface area contributed by atoms with Crippen molar-refractivity contribution in [3.63, 3.8) is 0 Å². The predicted molar refractivity (Wildman–Crippen MR) is 85.4 cm³/mol. The number of carbonyl (C=O) groups excluding carboxylic acids is 2. The molecular weight excluding hydrogens is 318 g/mol. The number of piperidine rings is 1. The van der Waals surface area contributed by atoms with Crippen molar-refractivity contribution < 1.29 is 23.1 Å². The van der Waals surface area contributed by atoms with Crippen molar-refractivity contribution in [1.29, 1.82) is 0 Å². The monoisotopic (exact) mass is 340 g/mol. The lowest BCUT2D eigenvalue weighted by Gasteiger charge is -2.33. The largest absolute Gasteiger partial charge is 0.469 e. The van der Waals surface area contributed by atoms with Crippen LogP contribution in [0.1, 0.15) is 32.1 Å². The molecular formula is C17H22F2N2O3. The van der Waals surface area contributed by atoms with Crippen molar-refractivity contribution in [2.24, 2.45) is 0 Å². The second-order valence-electron chi connectivity index (χ2n) is 5.88. The van der Waals surface area contributed by atoms with Crippen LogP contribution < -0.4 is 5.32 Å². The van der Waals surface area contributed by atoms with Gasteiger partial charge in [-0.2, -0.15) is 0 Å². The van der Waals surface area contributed by atoms with Crippen LogP contribution in [0, 0.1) is 11.6 Å². The van der Waals surface area contributed by atoms with E-state index in [0.717, 1.165) is 25.0 Å². The Labute approximate surface area is 140 Å². The molecule has 0 bridgehead atoms. The number of anilines is 1. The van der Waals surface area contributed by atoms with E-state index >= 15 is 0 Å². The summed E-state index contributed by atoms with van der Waals surface area (Å²) in [5.74, 6) is -2.10. The SMILES string of the molecule is COC(=O)CCCC(=O)N1CCC[C@H](Nc2ccc(F)c(F)c2)C1. The summed E-state index contributed by atoms with van der Waals surface area (Å²) >= 11 is 0. The summed E-state index contributed by atoms with van der Waals surface area (Å²) in [5.41, 5.74) is 0.499. The van der Waals surface area contributed by atoms with Crippen molar-refractivity contribution >= 4 is 17.6 Å². The highest BCUT2D eigenvalue weighted by Crippen LogP contribution is 2.19. The number of hydrogen-bond acceptors (Lipinski definition) is 4. The number of likely N-dealkylation sites (tertiary alicyclic amines) is 1. The summed E-state index contributed by atoms with van der Waals surface area (Å²) in [7, 11) is 1.32. The van der Waals surface area contributed by atoms with E-state index in [0.29, 0.717) is 31.6 Å². The van der Waals surface area contributed by atoms with E-state index in [-0.39, 0.29) is 24.3 Å². The maximum Gasteiger partial charge on any atom is 0.305 e. The zero-order valence-electron chi connectivity index (χ0n) is 13.7. The van der Waals surface area contributed by atoms with Gasteiger partial charge in [-0.1, -0.05) is 0 Å². The van der Waals surface area contributed by atoms with Gasteiger partial charge in [0.1, 0.15) is 0 Å². The van der Waals surface area contributed by atoms with Crippen LogP contribution in [-0.2, 0) is 14.3 Å². The average molecular weight is 340 g/mol. The van der Waals surface area contributed by atoms with Crippen LogP contribution >= 0.6 is 0 Å². The first-order valence-electron chi connectivity index (χ1n) is 8.05. The number of methoxy groups -OCH3 is 1. The lowest BCUT2D eigenvalue weighted by Crippen LogP contribution is -2.45. The van der Waals surface area contributed by atoms with Crippen LogP contribution in [0.2, 0.25) is 0 Å². The van der Waals surface area contributed by atoms with Crippen molar-refractivity contribution in [2.75, 3.05) is 25.5 Å². The number of nitrogens with zero attached hydrogens (tertiary/aromatic N) is 1. The van der Waals surface area contributed by atoms with Crippen molar-refractivity contribution in [1.82, 2.24) is 4.90 Å². The Morgan fingerprint density at radius 2 is 2.08 bits per heavy atom. The third kappa shape index (κ3) is 5.18. The van der Waals surface area contributed by atoms with Gasteiger partial charge in [0, 0.05) is 43.7 Å². The number of carbonyl (C=O) groups is 2. The summed E-state index contributed by atoms with van der Waals surface area (Å²) < 4.78 is 30.8. The molecule has 1 heterocycles. The molecule has 1 amide bonds. The summed E-state index contributed by atoms with van der Waals surface area (Å²) in [6, 6.07) is 3.67. The second kappa shape index (κ2) is 8.61. The van der Waals surface area contributed by atoms with E-state index in [1.165, 1.54) is 13.2 Å². The molecule has 1 atom stereocenters. The van der Waals surface area contributed by atoms with Gasteiger partial charge in [-0.25, -0.2) is 8.78 Å². The van der Waals surface area contributed by atoms with Crippen molar-refractivity contribution in [3.05, 3.63) is 29.8 Å². The van der Waals surface area contributed by atoms with Gasteiger partial charge in [-0.15, -0.1) is 0 Å². The number of rotatable bonds is 6. The normalized spacial score (nSPS) is 17.5. The number of halogens is 2. The molecule has 1 N–H and O–H groups in total. The minimum Gasteiger partial charge on any atom is -0.469 e. The number of hydrogen-bond donors (Lipinski definition) is 1. The summed E-state index contributed by atoms with van der Waals surface area (Å²) in [6.07, 6.45) is 2.68.